The maximum Gasteiger partial charge on any atom is 0.311 e. The second-order valence-electron chi connectivity index (χ2n) is 11.0. The van der Waals surface area contributed by atoms with Gasteiger partial charge in [0.1, 0.15) is 19.0 Å². The summed E-state index contributed by atoms with van der Waals surface area (Å²) in [5.74, 6) is 1.22. The lowest BCUT2D eigenvalue weighted by atomic mass is 9.98. The van der Waals surface area contributed by atoms with Gasteiger partial charge in [0.25, 0.3) is 0 Å². The van der Waals surface area contributed by atoms with Crippen LogP contribution in [-0.2, 0) is 6.42 Å². The number of thiophene rings is 1. The van der Waals surface area contributed by atoms with Gasteiger partial charge in [-0.3, -0.25) is 19.9 Å². The first-order chi connectivity index (χ1) is 20.1. The minimum atomic E-state index is -0.330. The molecule has 0 bridgehead atoms. The number of nitro benzene ring substituents is 1. The van der Waals surface area contributed by atoms with E-state index in [1.807, 2.05) is 18.2 Å². The van der Waals surface area contributed by atoms with E-state index in [0.29, 0.717) is 25.4 Å². The van der Waals surface area contributed by atoms with Crippen LogP contribution in [0.15, 0.2) is 66.7 Å². The van der Waals surface area contributed by atoms with Crippen LogP contribution in [0.4, 0.5) is 5.69 Å². The molecule has 0 N–H and O–H groups in total. The fourth-order valence-electron chi connectivity index (χ4n) is 5.94. The Morgan fingerprint density at radius 2 is 1.46 bits per heavy atom. The van der Waals surface area contributed by atoms with Crippen molar-refractivity contribution in [1.82, 2.24) is 9.80 Å². The van der Waals surface area contributed by atoms with E-state index in [0.717, 1.165) is 43.1 Å². The SMILES string of the molecule is O=[N+]([O-])c1cc(Cc2c(-c3ccc(OCCN4CCCC4)cc3)sc3ccccc23)ccc1OCCN1CCCC1. The molecule has 6 rings (SSSR count). The number of hydrogen-bond acceptors (Lipinski definition) is 7. The lowest BCUT2D eigenvalue weighted by molar-refractivity contribution is -0.385. The Kier molecular flexibility index (Phi) is 8.80. The Balaban J connectivity index is 1.20. The summed E-state index contributed by atoms with van der Waals surface area (Å²) in [6.45, 7) is 7.43. The van der Waals surface area contributed by atoms with Gasteiger partial charge in [0.05, 0.1) is 4.92 Å². The van der Waals surface area contributed by atoms with E-state index >= 15 is 0 Å². The smallest absolute Gasteiger partial charge is 0.311 e. The molecule has 0 spiro atoms. The van der Waals surface area contributed by atoms with E-state index in [-0.39, 0.29) is 10.6 Å². The number of benzene rings is 3. The number of rotatable bonds is 12. The van der Waals surface area contributed by atoms with Crippen LogP contribution in [0.1, 0.15) is 36.8 Å². The van der Waals surface area contributed by atoms with E-state index in [1.165, 1.54) is 59.3 Å². The van der Waals surface area contributed by atoms with E-state index in [4.69, 9.17) is 9.47 Å². The summed E-state index contributed by atoms with van der Waals surface area (Å²) in [4.78, 5) is 17.6. The molecule has 7 nitrogen and oxygen atoms in total. The lowest BCUT2D eigenvalue weighted by Crippen LogP contribution is -2.25. The van der Waals surface area contributed by atoms with Crippen LogP contribution in [-0.4, -0.2) is 67.2 Å². The minimum Gasteiger partial charge on any atom is -0.492 e. The maximum absolute atomic E-state index is 12.0. The summed E-state index contributed by atoms with van der Waals surface area (Å²) in [6.07, 6.45) is 5.60. The summed E-state index contributed by atoms with van der Waals surface area (Å²) < 4.78 is 13.1. The van der Waals surface area contributed by atoms with Crippen molar-refractivity contribution in [3.8, 4) is 21.9 Å². The zero-order valence-corrected chi connectivity index (χ0v) is 24.2. The van der Waals surface area contributed by atoms with Crippen molar-refractivity contribution in [2.45, 2.75) is 32.1 Å². The van der Waals surface area contributed by atoms with Crippen LogP contribution in [0.5, 0.6) is 11.5 Å². The Hall–Kier alpha value is -3.46. The molecular formula is C33H37N3O4S. The summed E-state index contributed by atoms with van der Waals surface area (Å²) in [5.41, 5.74) is 3.24. The van der Waals surface area contributed by atoms with Crippen molar-refractivity contribution >= 4 is 27.1 Å². The third-order valence-electron chi connectivity index (χ3n) is 8.15. The molecule has 0 amide bonds. The molecule has 0 aliphatic carbocycles. The van der Waals surface area contributed by atoms with Crippen LogP contribution >= 0.6 is 11.3 Å². The minimum absolute atomic E-state index is 0.0282. The van der Waals surface area contributed by atoms with Crippen LogP contribution in [0.3, 0.4) is 0 Å². The number of nitro groups is 1. The molecule has 0 unspecified atom stereocenters. The van der Waals surface area contributed by atoms with Gasteiger partial charge >= 0.3 is 5.69 Å². The standard InChI is InChI=1S/C33H37N3O4S/c37-36(38)30-24-25(9-14-31(30)40-22-20-35-17-5-6-18-35)23-29-28-7-1-2-8-32(28)41-33(29)26-10-12-27(13-11-26)39-21-19-34-15-3-4-16-34/h1-2,7-14,24H,3-6,15-23H2. The normalized spacial score (nSPS) is 16.0. The monoisotopic (exact) mass is 571 g/mol. The van der Waals surface area contributed by atoms with E-state index < -0.39 is 0 Å². The van der Waals surface area contributed by atoms with E-state index in [9.17, 15) is 10.1 Å². The molecule has 4 aromatic rings. The van der Waals surface area contributed by atoms with Gasteiger partial charge in [-0.25, -0.2) is 0 Å². The van der Waals surface area contributed by atoms with Crippen molar-refractivity contribution in [3.05, 3.63) is 88.0 Å². The first-order valence-electron chi connectivity index (χ1n) is 14.7. The molecule has 214 valence electrons. The maximum atomic E-state index is 12.0. The molecule has 2 saturated heterocycles. The molecular weight excluding hydrogens is 534 g/mol. The van der Waals surface area contributed by atoms with Crippen molar-refractivity contribution in [2.75, 3.05) is 52.5 Å². The fraction of sp³-hybridized carbons (Fsp3) is 0.394. The molecule has 3 heterocycles. The molecule has 41 heavy (non-hydrogen) atoms. The van der Waals surface area contributed by atoms with E-state index in [1.54, 1.807) is 23.5 Å². The van der Waals surface area contributed by atoms with Crippen molar-refractivity contribution in [1.29, 1.82) is 0 Å². The lowest BCUT2D eigenvalue weighted by Gasteiger charge is -2.15. The van der Waals surface area contributed by atoms with Gasteiger partial charge in [0.15, 0.2) is 5.75 Å². The second-order valence-corrected chi connectivity index (χ2v) is 12.0. The third kappa shape index (κ3) is 6.72. The molecule has 2 aliphatic heterocycles. The third-order valence-corrected chi connectivity index (χ3v) is 9.42. The van der Waals surface area contributed by atoms with Gasteiger partial charge in [0, 0.05) is 28.7 Å². The highest BCUT2D eigenvalue weighted by Crippen LogP contribution is 2.41. The van der Waals surface area contributed by atoms with Crippen molar-refractivity contribution in [3.63, 3.8) is 0 Å². The van der Waals surface area contributed by atoms with Crippen LogP contribution in [0, 0.1) is 10.1 Å². The first-order valence-corrected chi connectivity index (χ1v) is 15.5. The molecule has 0 atom stereocenters. The Morgan fingerprint density at radius 1 is 0.805 bits per heavy atom. The highest BCUT2D eigenvalue weighted by atomic mass is 32.1. The van der Waals surface area contributed by atoms with Crippen LogP contribution in [0.25, 0.3) is 20.5 Å². The number of ether oxygens (including phenoxy) is 2. The number of likely N-dealkylation sites (tertiary alicyclic amines) is 2. The Labute approximate surface area is 245 Å². The average Bonchev–Trinajstić information content (AvgIpc) is 3.77. The molecule has 3 aromatic carbocycles. The molecule has 8 heteroatoms. The summed E-state index contributed by atoms with van der Waals surface area (Å²) in [7, 11) is 0. The van der Waals surface area contributed by atoms with E-state index in [2.05, 4.69) is 46.2 Å². The predicted octanol–water partition coefficient (Wildman–Crippen LogP) is 7.02. The molecule has 2 aliphatic rings. The van der Waals surface area contributed by atoms with Crippen molar-refractivity contribution < 1.29 is 14.4 Å². The van der Waals surface area contributed by atoms with Crippen molar-refractivity contribution in [2.24, 2.45) is 0 Å². The van der Waals surface area contributed by atoms with Gasteiger partial charge in [-0.2, -0.15) is 0 Å². The highest BCUT2D eigenvalue weighted by Gasteiger charge is 2.20. The summed E-state index contributed by atoms with van der Waals surface area (Å²) in [6, 6.07) is 22.2. The zero-order chi connectivity index (χ0) is 28.0. The number of fused-ring (bicyclic) bond motifs is 1. The second kappa shape index (κ2) is 13.0. The molecule has 0 radical (unpaired) electrons. The average molecular weight is 572 g/mol. The Bertz CT molecular complexity index is 1470. The molecule has 2 fully saturated rings. The zero-order valence-electron chi connectivity index (χ0n) is 23.4. The van der Waals surface area contributed by atoms with Gasteiger partial charge in [-0.15, -0.1) is 11.3 Å². The summed E-state index contributed by atoms with van der Waals surface area (Å²) in [5, 5.41) is 13.2. The van der Waals surface area contributed by atoms with Gasteiger partial charge in [-0.05, 0) is 117 Å². The predicted molar refractivity (Wildman–Crippen MR) is 166 cm³/mol. The number of hydrogen-bond donors (Lipinski definition) is 0. The van der Waals surface area contributed by atoms with Gasteiger partial charge in [0.2, 0.25) is 0 Å². The summed E-state index contributed by atoms with van der Waals surface area (Å²) >= 11 is 1.76. The van der Waals surface area contributed by atoms with Gasteiger partial charge in [-0.1, -0.05) is 24.3 Å². The fourth-order valence-corrected chi connectivity index (χ4v) is 7.17. The van der Waals surface area contributed by atoms with Crippen LogP contribution < -0.4 is 9.47 Å². The molecule has 0 saturated carbocycles. The Morgan fingerprint density at radius 3 is 2.15 bits per heavy atom. The van der Waals surface area contributed by atoms with Crippen LogP contribution in [0.2, 0.25) is 0 Å². The highest BCUT2D eigenvalue weighted by molar-refractivity contribution is 7.22. The quantitative estimate of drug-likeness (QED) is 0.135. The molecule has 1 aromatic heterocycles. The largest absolute Gasteiger partial charge is 0.492 e. The number of nitrogens with zero attached hydrogens (tertiary/aromatic N) is 3. The topological polar surface area (TPSA) is 68.1 Å². The first kappa shape index (κ1) is 27.7. The van der Waals surface area contributed by atoms with Gasteiger partial charge < -0.3 is 9.47 Å².